The molecule has 1 saturated heterocycles. The van der Waals surface area contributed by atoms with Crippen LogP contribution in [0.1, 0.15) is 25.3 Å². The second-order valence-corrected chi connectivity index (χ2v) is 4.51. The van der Waals surface area contributed by atoms with Crippen molar-refractivity contribution in [3.8, 4) is 0 Å². The van der Waals surface area contributed by atoms with E-state index in [9.17, 15) is 9.59 Å². The molecule has 1 aliphatic rings. The van der Waals surface area contributed by atoms with Crippen LogP contribution in [0.25, 0.3) is 0 Å². The Morgan fingerprint density at radius 1 is 1.13 bits per heavy atom. The number of nitrogens with zero attached hydrogens (tertiary/aromatic N) is 1. The zero-order chi connectivity index (χ0) is 16.8. The summed E-state index contributed by atoms with van der Waals surface area (Å²) in [6.45, 7) is 2.95. The van der Waals surface area contributed by atoms with Crippen LogP contribution in [-0.4, -0.2) is 53.8 Å². The Hall–Kier alpha value is -1.23. The van der Waals surface area contributed by atoms with Crippen LogP contribution in [0.3, 0.4) is 0 Å². The molecule has 2 N–H and O–H groups in total. The van der Waals surface area contributed by atoms with Gasteiger partial charge in [-0.05, 0) is 18.4 Å². The molecule has 0 bridgehead atoms. The summed E-state index contributed by atoms with van der Waals surface area (Å²) in [6.07, 6.45) is 2.12. The molecule has 0 aromatic heterocycles. The van der Waals surface area contributed by atoms with Crippen LogP contribution in [0, 0.1) is 0 Å². The van der Waals surface area contributed by atoms with Gasteiger partial charge in [0, 0.05) is 48.2 Å². The third-order valence-corrected chi connectivity index (χ3v) is 2.88. The SMILES string of the molecule is CC(=O)OCC(=O)N1CCCC1.CO.OCc1ccccc1.[W]. The molecule has 1 heterocycles. The van der Waals surface area contributed by atoms with Crippen molar-refractivity contribution in [2.45, 2.75) is 26.4 Å². The van der Waals surface area contributed by atoms with Crippen molar-refractivity contribution in [1.29, 1.82) is 0 Å². The molecule has 0 saturated carbocycles. The molecular formula is C16H25NO5W. The molecule has 0 spiro atoms. The number of hydrogen-bond acceptors (Lipinski definition) is 5. The molecular weight excluding hydrogens is 470 g/mol. The second kappa shape index (κ2) is 15.7. The number of amides is 1. The van der Waals surface area contributed by atoms with Gasteiger partial charge in [-0.3, -0.25) is 9.59 Å². The molecule has 23 heavy (non-hydrogen) atoms. The number of aliphatic hydroxyl groups excluding tert-OH is 2. The molecule has 0 radical (unpaired) electrons. The molecule has 2 rings (SSSR count). The summed E-state index contributed by atoms with van der Waals surface area (Å²) in [5.41, 5.74) is 0.965. The number of ether oxygens (including phenoxy) is 1. The summed E-state index contributed by atoms with van der Waals surface area (Å²) in [4.78, 5) is 23.3. The van der Waals surface area contributed by atoms with Gasteiger partial charge in [-0.1, -0.05) is 30.3 Å². The van der Waals surface area contributed by atoms with Gasteiger partial charge in [0.05, 0.1) is 6.61 Å². The molecule has 130 valence electrons. The zero-order valence-electron chi connectivity index (χ0n) is 13.6. The Bertz CT molecular complexity index is 422. The molecule has 1 amide bonds. The average Bonchev–Trinajstić information content (AvgIpc) is 3.10. The van der Waals surface area contributed by atoms with Crippen molar-refractivity contribution in [1.82, 2.24) is 4.90 Å². The summed E-state index contributed by atoms with van der Waals surface area (Å²) in [5.74, 6) is -0.481. The molecule has 0 aliphatic carbocycles. The minimum atomic E-state index is -0.400. The van der Waals surface area contributed by atoms with E-state index in [1.165, 1.54) is 6.92 Å². The van der Waals surface area contributed by atoms with Gasteiger partial charge in [0.1, 0.15) is 0 Å². The van der Waals surface area contributed by atoms with Crippen molar-refractivity contribution in [3.63, 3.8) is 0 Å². The molecule has 0 unspecified atom stereocenters. The third-order valence-electron chi connectivity index (χ3n) is 2.88. The zero-order valence-corrected chi connectivity index (χ0v) is 16.5. The summed E-state index contributed by atoms with van der Waals surface area (Å²) in [6, 6.07) is 9.52. The first kappa shape index (κ1) is 24.0. The van der Waals surface area contributed by atoms with Crippen molar-refractivity contribution in [3.05, 3.63) is 35.9 Å². The summed E-state index contributed by atoms with van der Waals surface area (Å²) in [5, 5.41) is 15.5. The van der Waals surface area contributed by atoms with E-state index in [-0.39, 0.29) is 40.2 Å². The van der Waals surface area contributed by atoms with Gasteiger partial charge in [-0.15, -0.1) is 0 Å². The minimum Gasteiger partial charge on any atom is -0.456 e. The third kappa shape index (κ3) is 11.9. The number of hydrogen-bond donors (Lipinski definition) is 2. The molecule has 7 heteroatoms. The maximum Gasteiger partial charge on any atom is 0.303 e. The molecule has 6 nitrogen and oxygen atoms in total. The molecule has 0 atom stereocenters. The van der Waals surface area contributed by atoms with Crippen molar-refractivity contribution in [2.24, 2.45) is 0 Å². The Kier molecular flexibility index (Phi) is 16.4. The number of aliphatic hydroxyl groups is 2. The minimum absolute atomic E-state index is 0. The van der Waals surface area contributed by atoms with Gasteiger partial charge in [-0.2, -0.15) is 0 Å². The van der Waals surface area contributed by atoms with Gasteiger partial charge in [0.2, 0.25) is 0 Å². The normalized spacial score (nSPS) is 11.9. The van der Waals surface area contributed by atoms with E-state index in [2.05, 4.69) is 4.74 Å². The molecule has 1 fully saturated rings. The van der Waals surface area contributed by atoms with Crippen LogP contribution in [0.2, 0.25) is 0 Å². The van der Waals surface area contributed by atoms with Gasteiger partial charge in [0.25, 0.3) is 5.91 Å². The monoisotopic (exact) mass is 495 g/mol. The number of carbonyl (C=O) groups is 2. The van der Waals surface area contributed by atoms with Crippen LogP contribution in [0.5, 0.6) is 0 Å². The van der Waals surface area contributed by atoms with E-state index in [4.69, 9.17) is 10.2 Å². The van der Waals surface area contributed by atoms with E-state index < -0.39 is 5.97 Å². The Morgan fingerprint density at radius 3 is 2.04 bits per heavy atom. The molecule has 1 aliphatic heterocycles. The average molecular weight is 495 g/mol. The fourth-order valence-electron chi connectivity index (χ4n) is 1.80. The quantitative estimate of drug-likeness (QED) is 0.611. The van der Waals surface area contributed by atoms with E-state index in [0.29, 0.717) is 0 Å². The predicted molar refractivity (Wildman–Crippen MR) is 83.0 cm³/mol. The van der Waals surface area contributed by atoms with Crippen LogP contribution < -0.4 is 0 Å². The molecule has 1 aromatic carbocycles. The number of benzene rings is 1. The summed E-state index contributed by atoms with van der Waals surface area (Å²) < 4.78 is 4.59. The van der Waals surface area contributed by atoms with E-state index in [0.717, 1.165) is 38.6 Å². The van der Waals surface area contributed by atoms with Gasteiger partial charge in [0.15, 0.2) is 6.61 Å². The van der Waals surface area contributed by atoms with Crippen molar-refractivity contribution >= 4 is 11.9 Å². The smallest absolute Gasteiger partial charge is 0.303 e. The Labute approximate surface area is 151 Å². The van der Waals surface area contributed by atoms with E-state index >= 15 is 0 Å². The predicted octanol–water partition coefficient (Wildman–Crippen LogP) is 0.957. The fourth-order valence-corrected chi connectivity index (χ4v) is 1.80. The number of esters is 1. The first-order chi connectivity index (χ1) is 10.6. The second-order valence-electron chi connectivity index (χ2n) is 4.51. The van der Waals surface area contributed by atoms with Gasteiger partial charge in [-0.25, -0.2) is 0 Å². The maximum atomic E-state index is 11.2. The first-order valence-corrected chi connectivity index (χ1v) is 7.14. The van der Waals surface area contributed by atoms with Gasteiger partial charge < -0.3 is 19.8 Å². The largest absolute Gasteiger partial charge is 0.456 e. The van der Waals surface area contributed by atoms with E-state index in [1.54, 1.807) is 4.90 Å². The number of carbonyl (C=O) groups excluding carboxylic acids is 2. The van der Waals surface area contributed by atoms with Crippen LogP contribution in [0.15, 0.2) is 30.3 Å². The Balaban J connectivity index is 0. The van der Waals surface area contributed by atoms with Crippen LogP contribution in [-0.2, 0) is 42.0 Å². The van der Waals surface area contributed by atoms with Crippen molar-refractivity contribution < 1.29 is 45.6 Å². The number of likely N-dealkylation sites (tertiary alicyclic amines) is 1. The Morgan fingerprint density at radius 2 is 1.65 bits per heavy atom. The van der Waals surface area contributed by atoms with Crippen LogP contribution >= 0.6 is 0 Å². The topological polar surface area (TPSA) is 87.1 Å². The van der Waals surface area contributed by atoms with E-state index in [1.807, 2.05) is 30.3 Å². The maximum absolute atomic E-state index is 11.2. The first-order valence-electron chi connectivity index (χ1n) is 7.14. The van der Waals surface area contributed by atoms with Gasteiger partial charge >= 0.3 is 5.97 Å². The van der Waals surface area contributed by atoms with Crippen LogP contribution in [0.4, 0.5) is 0 Å². The summed E-state index contributed by atoms with van der Waals surface area (Å²) >= 11 is 0. The fraction of sp³-hybridized carbons (Fsp3) is 0.500. The molecule has 1 aromatic rings. The summed E-state index contributed by atoms with van der Waals surface area (Å²) in [7, 11) is 1.00. The van der Waals surface area contributed by atoms with Crippen molar-refractivity contribution in [2.75, 3.05) is 26.8 Å². The standard InChI is InChI=1S/C8H13NO3.C7H8O.CH4O.W/c1-7(10)12-6-8(11)9-4-2-3-5-9;8-6-7-4-2-1-3-5-7;1-2;/h2-6H2,1H3;1-5,8H,6H2;2H,1H3;. The number of rotatable bonds is 3.